The second-order valence-corrected chi connectivity index (χ2v) is 7.17. The maximum atomic E-state index is 11.8. The first-order valence-electron chi connectivity index (χ1n) is 8.80. The number of amides is 1. The molecule has 0 saturated carbocycles. The lowest BCUT2D eigenvalue weighted by Gasteiger charge is -2.34. The van der Waals surface area contributed by atoms with E-state index in [9.17, 15) is 9.59 Å². The first-order valence-corrected chi connectivity index (χ1v) is 8.80. The highest BCUT2D eigenvalue weighted by atomic mass is 16.6. The Morgan fingerprint density at radius 1 is 1.16 bits per heavy atom. The number of alkyl carbamates (subject to hydrolysis) is 1. The van der Waals surface area contributed by atoms with Gasteiger partial charge in [-0.3, -0.25) is 0 Å². The third-order valence-corrected chi connectivity index (χ3v) is 3.96. The van der Waals surface area contributed by atoms with Crippen molar-refractivity contribution in [3.8, 4) is 0 Å². The Hall–Kier alpha value is -2.24. The Morgan fingerprint density at radius 2 is 1.76 bits per heavy atom. The van der Waals surface area contributed by atoms with E-state index in [1.54, 1.807) is 19.1 Å². The summed E-state index contributed by atoms with van der Waals surface area (Å²) >= 11 is 0. The topological polar surface area (TPSA) is 67.9 Å². The summed E-state index contributed by atoms with van der Waals surface area (Å²) in [6.45, 7) is 9.43. The maximum absolute atomic E-state index is 11.8. The van der Waals surface area contributed by atoms with Crippen molar-refractivity contribution in [1.29, 1.82) is 0 Å². The van der Waals surface area contributed by atoms with Crippen LogP contribution in [0, 0.1) is 0 Å². The summed E-state index contributed by atoms with van der Waals surface area (Å²) in [6.07, 6.45) is 1.36. The van der Waals surface area contributed by atoms with E-state index >= 15 is 0 Å². The predicted octanol–water partition coefficient (Wildman–Crippen LogP) is 3.36. The van der Waals surface area contributed by atoms with Crippen LogP contribution in [0.3, 0.4) is 0 Å². The fraction of sp³-hybridized carbons (Fsp3) is 0.579. The van der Waals surface area contributed by atoms with Crippen LogP contribution in [0.5, 0.6) is 0 Å². The molecule has 25 heavy (non-hydrogen) atoms. The van der Waals surface area contributed by atoms with E-state index in [-0.39, 0.29) is 18.1 Å². The first kappa shape index (κ1) is 19.1. The number of anilines is 1. The number of nitrogens with zero attached hydrogens (tertiary/aromatic N) is 1. The van der Waals surface area contributed by atoms with E-state index in [0.29, 0.717) is 12.2 Å². The average Bonchev–Trinajstić information content (AvgIpc) is 2.54. The molecule has 1 aromatic rings. The minimum Gasteiger partial charge on any atom is -0.462 e. The molecule has 1 fully saturated rings. The second-order valence-electron chi connectivity index (χ2n) is 7.17. The molecule has 0 aliphatic carbocycles. The molecule has 0 atom stereocenters. The largest absolute Gasteiger partial charge is 0.462 e. The van der Waals surface area contributed by atoms with Crippen LogP contribution >= 0.6 is 0 Å². The molecule has 0 aromatic heterocycles. The Morgan fingerprint density at radius 3 is 2.28 bits per heavy atom. The standard InChI is InChI=1S/C19H28N2O4/c1-5-24-17(22)14-6-8-16(9-7-14)21-12-10-15(11-13-21)20-18(23)25-19(2,3)4/h6-9,15H,5,10-13H2,1-4H3,(H,20,23). The number of hydrogen-bond donors (Lipinski definition) is 1. The number of carbonyl (C=O) groups excluding carboxylic acids is 2. The highest BCUT2D eigenvalue weighted by Gasteiger charge is 2.23. The lowest BCUT2D eigenvalue weighted by atomic mass is 10.0. The van der Waals surface area contributed by atoms with Crippen LogP contribution in [0.1, 0.15) is 50.9 Å². The lowest BCUT2D eigenvalue weighted by Crippen LogP contribution is -2.46. The molecule has 0 bridgehead atoms. The quantitative estimate of drug-likeness (QED) is 0.845. The van der Waals surface area contributed by atoms with E-state index in [2.05, 4.69) is 10.2 Å². The summed E-state index contributed by atoms with van der Waals surface area (Å²) in [6, 6.07) is 7.59. The number of piperidine rings is 1. The van der Waals surface area contributed by atoms with Gasteiger partial charge in [-0.15, -0.1) is 0 Å². The Balaban J connectivity index is 1.83. The smallest absolute Gasteiger partial charge is 0.407 e. The summed E-state index contributed by atoms with van der Waals surface area (Å²) in [5.74, 6) is -0.297. The molecule has 6 nitrogen and oxygen atoms in total. The molecule has 1 heterocycles. The van der Waals surface area contributed by atoms with E-state index in [4.69, 9.17) is 9.47 Å². The molecule has 1 amide bonds. The van der Waals surface area contributed by atoms with Gasteiger partial charge >= 0.3 is 12.1 Å². The summed E-state index contributed by atoms with van der Waals surface area (Å²) in [7, 11) is 0. The Bertz CT molecular complexity index is 584. The van der Waals surface area contributed by atoms with Crippen molar-refractivity contribution in [2.75, 3.05) is 24.6 Å². The fourth-order valence-corrected chi connectivity index (χ4v) is 2.78. The van der Waals surface area contributed by atoms with Gasteiger partial charge in [0.25, 0.3) is 0 Å². The molecule has 0 radical (unpaired) electrons. The van der Waals surface area contributed by atoms with Crippen LogP contribution in [0.2, 0.25) is 0 Å². The van der Waals surface area contributed by atoms with E-state index < -0.39 is 5.60 Å². The minimum absolute atomic E-state index is 0.130. The molecule has 1 saturated heterocycles. The normalized spacial score (nSPS) is 15.6. The molecule has 0 spiro atoms. The van der Waals surface area contributed by atoms with Gasteiger partial charge in [-0.1, -0.05) is 0 Å². The highest BCUT2D eigenvalue weighted by molar-refractivity contribution is 5.89. The fourth-order valence-electron chi connectivity index (χ4n) is 2.78. The van der Waals surface area contributed by atoms with Crippen LogP contribution in [-0.4, -0.2) is 43.4 Å². The second kappa shape index (κ2) is 8.23. The lowest BCUT2D eigenvalue weighted by molar-refractivity contribution is 0.0494. The van der Waals surface area contributed by atoms with E-state index in [1.807, 2.05) is 32.9 Å². The van der Waals surface area contributed by atoms with Gasteiger partial charge in [-0.05, 0) is 64.8 Å². The van der Waals surface area contributed by atoms with Gasteiger partial charge in [-0.2, -0.15) is 0 Å². The van der Waals surface area contributed by atoms with Crippen LogP contribution < -0.4 is 10.2 Å². The number of nitrogens with one attached hydrogen (secondary N) is 1. The van der Waals surface area contributed by atoms with Gasteiger partial charge in [0, 0.05) is 24.8 Å². The van der Waals surface area contributed by atoms with Crippen molar-refractivity contribution in [1.82, 2.24) is 5.32 Å². The van der Waals surface area contributed by atoms with E-state index in [1.165, 1.54) is 0 Å². The third-order valence-electron chi connectivity index (χ3n) is 3.96. The predicted molar refractivity (Wildman–Crippen MR) is 97.0 cm³/mol. The van der Waals surface area contributed by atoms with Crippen molar-refractivity contribution >= 4 is 17.7 Å². The van der Waals surface area contributed by atoms with Crippen molar-refractivity contribution < 1.29 is 19.1 Å². The Labute approximate surface area is 149 Å². The molecule has 0 unspecified atom stereocenters. The minimum atomic E-state index is -0.481. The Kier molecular flexibility index (Phi) is 6.28. The van der Waals surface area contributed by atoms with Crippen LogP contribution in [0.4, 0.5) is 10.5 Å². The van der Waals surface area contributed by atoms with Gasteiger partial charge < -0.3 is 19.7 Å². The van der Waals surface area contributed by atoms with Crippen molar-refractivity contribution in [3.63, 3.8) is 0 Å². The van der Waals surface area contributed by atoms with Crippen molar-refractivity contribution in [2.24, 2.45) is 0 Å². The number of benzene rings is 1. The van der Waals surface area contributed by atoms with Crippen LogP contribution in [0.15, 0.2) is 24.3 Å². The zero-order valence-electron chi connectivity index (χ0n) is 15.5. The SMILES string of the molecule is CCOC(=O)c1ccc(N2CCC(NC(=O)OC(C)(C)C)CC2)cc1. The van der Waals surface area contributed by atoms with Crippen LogP contribution in [0.25, 0.3) is 0 Å². The summed E-state index contributed by atoms with van der Waals surface area (Å²) in [5, 5.41) is 2.94. The highest BCUT2D eigenvalue weighted by Crippen LogP contribution is 2.21. The van der Waals surface area contributed by atoms with Gasteiger partial charge in [0.1, 0.15) is 5.60 Å². The number of ether oxygens (including phenoxy) is 2. The summed E-state index contributed by atoms with van der Waals surface area (Å²) in [5.41, 5.74) is 1.15. The average molecular weight is 348 g/mol. The molecule has 1 N–H and O–H groups in total. The van der Waals surface area contributed by atoms with E-state index in [0.717, 1.165) is 31.6 Å². The molecular weight excluding hydrogens is 320 g/mol. The number of esters is 1. The molecular formula is C19H28N2O4. The van der Waals surface area contributed by atoms with Gasteiger partial charge in [-0.25, -0.2) is 9.59 Å². The van der Waals surface area contributed by atoms with Gasteiger partial charge in [0.05, 0.1) is 12.2 Å². The third kappa shape index (κ3) is 5.96. The summed E-state index contributed by atoms with van der Waals surface area (Å²) < 4.78 is 10.3. The summed E-state index contributed by atoms with van der Waals surface area (Å²) in [4.78, 5) is 25.8. The molecule has 1 aliphatic rings. The molecule has 1 aromatic carbocycles. The zero-order valence-corrected chi connectivity index (χ0v) is 15.5. The molecule has 2 rings (SSSR count). The molecule has 138 valence electrons. The monoisotopic (exact) mass is 348 g/mol. The van der Waals surface area contributed by atoms with Crippen molar-refractivity contribution in [2.45, 2.75) is 52.2 Å². The number of carbonyl (C=O) groups is 2. The van der Waals surface area contributed by atoms with Crippen LogP contribution in [-0.2, 0) is 9.47 Å². The molecule has 6 heteroatoms. The van der Waals surface area contributed by atoms with Gasteiger partial charge in [0.15, 0.2) is 0 Å². The van der Waals surface area contributed by atoms with Gasteiger partial charge in [0.2, 0.25) is 0 Å². The number of rotatable bonds is 4. The number of hydrogen-bond acceptors (Lipinski definition) is 5. The first-order chi connectivity index (χ1) is 11.8. The van der Waals surface area contributed by atoms with Crippen molar-refractivity contribution in [3.05, 3.63) is 29.8 Å². The zero-order chi connectivity index (χ0) is 18.4. The molecule has 1 aliphatic heterocycles. The maximum Gasteiger partial charge on any atom is 0.407 e.